The lowest BCUT2D eigenvalue weighted by Crippen LogP contribution is -2.24. The van der Waals surface area contributed by atoms with Crippen molar-refractivity contribution in [2.24, 2.45) is 5.41 Å². The molecule has 2 rings (SSSR count). The molecule has 2 aromatic rings. The predicted molar refractivity (Wildman–Crippen MR) is 87.4 cm³/mol. The smallest absolute Gasteiger partial charge is 0.142 e. The highest BCUT2D eigenvalue weighted by Crippen LogP contribution is 2.26. The van der Waals surface area contributed by atoms with Crippen molar-refractivity contribution in [1.82, 2.24) is 0 Å². The number of hydrogen-bond acceptors (Lipinski definition) is 3. The van der Waals surface area contributed by atoms with Crippen molar-refractivity contribution in [2.45, 2.75) is 33.6 Å². The molecule has 0 spiro atoms. The molecular weight excluding hydrogens is 276 g/mol. The number of phenolic OH excluding ortho intramolecular Hbond substituents is 1. The minimum Gasteiger partial charge on any atom is -0.508 e. The summed E-state index contributed by atoms with van der Waals surface area (Å²) in [5.74, 6) is 1.83. The number of benzene rings is 2. The van der Waals surface area contributed by atoms with Crippen molar-refractivity contribution in [3.05, 3.63) is 54.1 Å². The molecule has 0 radical (unpaired) electrons. The van der Waals surface area contributed by atoms with Gasteiger partial charge in [0.2, 0.25) is 0 Å². The van der Waals surface area contributed by atoms with Gasteiger partial charge in [0.15, 0.2) is 0 Å². The number of carbonyl (C=O) groups is 1. The third-order valence-corrected chi connectivity index (χ3v) is 4.00. The van der Waals surface area contributed by atoms with Gasteiger partial charge in [0.1, 0.15) is 23.0 Å². The maximum absolute atomic E-state index is 12.2. The maximum Gasteiger partial charge on any atom is 0.142 e. The molecule has 0 aliphatic rings. The van der Waals surface area contributed by atoms with E-state index in [0.717, 1.165) is 12.0 Å². The summed E-state index contributed by atoms with van der Waals surface area (Å²) >= 11 is 0. The Labute approximate surface area is 131 Å². The average Bonchev–Trinajstić information content (AvgIpc) is 2.51. The van der Waals surface area contributed by atoms with E-state index in [0.29, 0.717) is 17.9 Å². The van der Waals surface area contributed by atoms with Gasteiger partial charge < -0.3 is 9.84 Å². The number of rotatable bonds is 6. The van der Waals surface area contributed by atoms with Gasteiger partial charge in [-0.05, 0) is 48.4 Å². The van der Waals surface area contributed by atoms with E-state index < -0.39 is 0 Å². The Morgan fingerprint density at radius 2 is 1.50 bits per heavy atom. The van der Waals surface area contributed by atoms with Crippen molar-refractivity contribution >= 4 is 5.78 Å². The molecule has 22 heavy (non-hydrogen) atoms. The second kappa shape index (κ2) is 6.65. The van der Waals surface area contributed by atoms with Crippen molar-refractivity contribution < 1.29 is 14.6 Å². The molecule has 3 nitrogen and oxygen atoms in total. The number of carbonyl (C=O) groups excluding carboxylic acids is 1. The molecule has 0 saturated heterocycles. The fraction of sp³-hybridized carbons (Fsp3) is 0.316. The van der Waals surface area contributed by atoms with Crippen LogP contribution in [0.15, 0.2) is 48.5 Å². The van der Waals surface area contributed by atoms with Gasteiger partial charge in [0.05, 0.1) is 0 Å². The van der Waals surface area contributed by atoms with Gasteiger partial charge in [-0.2, -0.15) is 0 Å². The van der Waals surface area contributed by atoms with Gasteiger partial charge in [0.25, 0.3) is 0 Å². The van der Waals surface area contributed by atoms with E-state index in [2.05, 4.69) is 0 Å². The van der Waals surface area contributed by atoms with Crippen LogP contribution < -0.4 is 4.74 Å². The fourth-order valence-corrected chi connectivity index (χ4v) is 1.95. The standard InChI is InChI=1S/C19H22O3/c1-4-19(2,3)18(21)13-14-5-9-16(10-6-14)22-17-11-7-15(20)8-12-17/h5-12,20H,4,13H2,1-3H3. The van der Waals surface area contributed by atoms with Gasteiger partial charge in [-0.1, -0.05) is 32.9 Å². The largest absolute Gasteiger partial charge is 0.508 e. The summed E-state index contributed by atoms with van der Waals surface area (Å²) in [6, 6.07) is 14.1. The molecule has 0 bridgehead atoms. The van der Waals surface area contributed by atoms with E-state index in [1.165, 1.54) is 0 Å². The van der Waals surface area contributed by atoms with Crippen LogP contribution in [0.3, 0.4) is 0 Å². The predicted octanol–water partition coefficient (Wildman–Crippen LogP) is 4.73. The Balaban J connectivity index is 2.01. The Kier molecular flexibility index (Phi) is 4.86. The van der Waals surface area contributed by atoms with Crippen LogP contribution in [0.2, 0.25) is 0 Å². The van der Waals surface area contributed by atoms with Crippen LogP contribution in [0, 0.1) is 5.41 Å². The molecule has 0 aliphatic heterocycles. The average molecular weight is 298 g/mol. The summed E-state index contributed by atoms with van der Waals surface area (Å²) in [4.78, 5) is 12.2. The first-order chi connectivity index (χ1) is 10.4. The van der Waals surface area contributed by atoms with Gasteiger partial charge in [0, 0.05) is 11.8 Å². The lowest BCUT2D eigenvalue weighted by atomic mass is 9.82. The molecule has 116 valence electrons. The molecule has 0 aliphatic carbocycles. The van der Waals surface area contributed by atoms with E-state index in [4.69, 9.17) is 4.74 Å². The third-order valence-electron chi connectivity index (χ3n) is 4.00. The molecule has 0 heterocycles. The number of phenols is 1. The number of Topliss-reactive ketones (excluding diaryl/α,β-unsaturated/α-hetero) is 1. The van der Waals surface area contributed by atoms with Crippen LogP contribution in [0.1, 0.15) is 32.8 Å². The third kappa shape index (κ3) is 4.10. The van der Waals surface area contributed by atoms with Crippen LogP contribution in [-0.4, -0.2) is 10.9 Å². The zero-order chi connectivity index (χ0) is 16.2. The minimum atomic E-state index is -0.277. The Morgan fingerprint density at radius 3 is 2.00 bits per heavy atom. The van der Waals surface area contributed by atoms with Crippen LogP contribution in [-0.2, 0) is 11.2 Å². The first-order valence-corrected chi connectivity index (χ1v) is 7.50. The second-order valence-electron chi connectivity index (χ2n) is 6.08. The van der Waals surface area contributed by atoms with Gasteiger partial charge in [-0.15, -0.1) is 0 Å². The number of ketones is 1. The quantitative estimate of drug-likeness (QED) is 0.838. The van der Waals surface area contributed by atoms with E-state index in [1.807, 2.05) is 45.0 Å². The van der Waals surface area contributed by atoms with Gasteiger partial charge in [-0.3, -0.25) is 4.79 Å². The minimum absolute atomic E-state index is 0.208. The normalized spacial score (nSPS) is 11.2. The summed E-state index contributed by atoms with van der Waals surface area (Å²) in [5, 5.41) is 9.24. The van der Waals surface area contributed by atoms with Crippen molar-refractivity contribution in [3.63, 3.8) is 0 Å². The summed E-state index contributed by atoms with van der Waals surface area (Å²) in [7, 11) is 0. The first kappa shape index (κ1) is 16.1. The highest BCUT2D eigenvalue weighted by Gasteiger charge is 2.24. The lowest BCUT2D eigenvalue weighted by molar-refractivity contribution is -0.126. The summed E-state index contributed by atoms with van der Waals surface area (Å²) in [6.07, 6.45) is 1.29. The van der Waals surface area contributed by atoms with Crippen LogP contribution in [0.25, 0.3) is 0 Å². The van der Waals surface area contributed by atoms with Crippen molar-refractivity contribution in [3.8, 4) is 17.2 Å². The second-order valence-corrected chi connectivity index (χ2v) is 6.08. The van der Waals surface area contributed by atoms with Crippen molar-refractivity contribution in [1.29, 1.82) is 0 Å². The first-order valence-electron chi connectivity index (χ1n) is 7.50. The summed E-state index contributed by atoms with van der Waals surface area (Å²) in [5.41, 5.74) is 0.714. The molecule has 0 saturated carbocycles. The van der Waals surface area contributed by atoms with E-state index in [9.17, 15) is 9.90 Å². The van der Waals surface area contributed by atoms with Crippen LogP contribution in [0.5, 0.6) is 17.2 Å². The molecule has 0 unspecified atom stereocenters. The monoisotopic (exact) mass is 298 g/mol. The molecule has 2 aromatic carbocycles. The highest BCUT2D eigenvalue weighted by atomic mass is 16.5. The van der Waals surface area contributed by atoms with Gasteiger partial charge >= 0.3 is 0 Å². The number of ether oxygens (including phenoxy) is 1. The molecule has 0 aromatic heterocycles. The van der Waals surface area contributed by atoms with E-state index in [1.54, 1.807) is 24.3 Å². The number of aromatic hydroxyl groups is 1. The molecule has 0 amide bonds. The van der Waals surface area contributed by atoms with Crippen molar-refractivity contribution in [2.75, 3.05) is 0 Å². The van der Waals surface area contributed by atoms with E-state index in [-0.39, 0.29) is 16.9 Å². The maximum atomic E-state index is 12.2. The van der Waals surface area contributed by atoms with Crippen LogP contribution in [0.4, 0.5) is 0 Å². The topological polar surface area (TPSA) is 46.5 Å². The fourth-order valence-electron chi connectivity index (χ4n) is 1.95. The zero-order valence-corrected chi connectivity index (χ0v) is 13.3. The molecule has 3 heteroatoms. The summed E-state index contributed by atoms with van der Waals surface area (Å²) in [6.45, 7) is 6.00. The molecule has 0 fully saturated rings. The number of hydrogen-bond donors (Lipinski definition) is 1. The zero-order valence-electron chi connectivity index (χ0n) is 13.3. The Bertz CT molecular complexity index is 625. The summed E-state index contributed by atoms with van der Waals surface area (Å²) < 4.78 is 5.69. The highest BCUT2D eigenvalue weighted by molar-refractivity contribution is 5.86. The SMILES string of the molecule is CCC(C)(C)C(=O)Cc1ccc(Oc2ccc(O)cc2)cc1. The molecular formula is C19H22O3. The Morgan fingerprint density at radius 1 is 1.00 bits per heavy atom. The van der Waals surface area contributed by atoms with Crippen LogP contribution >= 0.6 is 0 Å². The van der Waals surface area contributed by atoms with E-state index >= 15 is 0 Å². The lowest BCUT2D eigenvalue weighted by Gasteiger charge is -2.20. The molecule has 1 N–H and O–H groups in total. The molecule has 0 atom stereocenters. The Hall–Kier alpha value is -2.29. The van der Waals surface area contributed by atoms with Gasteiger partial charge in [-0.25, -0.2) is 0 Å².